The molecule has 0 rings (SSSR count). The van der Waals surface area contributed by atoms with Crippen molar-refractivity contribution >= 4 is 21.9 Å². The van der Waals surface area contributed by atoms with E-state index >= 15 is 0 Å². The molecule has 0 radical (unpaired) electrons. The van der Waals surface area contributed by atoms with Crippen LogP contribution in [0, 0.1) is 0 Å². The van der Waals surface area contributed by atoms with E-state index in [9.17, 15) is 4.79 Å². The minimum Gasteiger partial charge on any atom is -0.459 e. The van der Waals surface area contributed by atoms with Gasteiger partial charge in [-0.3, -0.25) is 4.79 Å². The van der Waals surface area contributed by atoms with Crippen LogP contribution in [0.3, 0.4) is 0 Å². The van der Waals surface area contributed by atoms with Crippen LogP contribution in [0.2, 0.25) is 0 Å². The zero-order valence-electron chi connectivity index (χ0n) is 9.30. The van der Waals surface area contributed by atoms with E-state index in [4.69, 9.17) is 9.47 Å². The van der Waals surface area contributed by atoms with Crippen molar-refractivity contribution < 1.29 is 14.3 Å². The minimum atomic E-state index is -0.437. The maximum Gasteiger partial charge on any atom is 0.322 e. The van der Waals surface area contributed by atoms with Gasteiger partial charge >= 0.3 is 5.97 Å². The van der Waals surface area contributed by atoms with Crippen LogP contribution in [-0.2, 0) is 14.3 Å². The summed E-state index contributed by atoms with van der Waals surface area (Å²) in [6.45, 7) is 8.59. The Labute approximate surface area is 94.3 Å². The van der Waals surface area contributed by atoms with Crippen LogP contribution in [0.1, 0.15) is 34.1 Å². The van der Waals surface area contributed by atoms with Gasteiger partial charge in [0.05, 0.1) is 6.61 Å². The first-order valence-corrected chi connectivity index (χ1v) is 5.73. The van der Waals surface area contributed by atoms with Crippen molar-refractivity contribution in [1.82, 2.24) is 0 Å². The monoisotopic (exact) mass is 266 g/mol. The van der Waals surface area contributed by atoms with E-state index in [1.807, 2.05) is 27.7 Å². The van der Waals surface area contributed by atoms with E-state index in [1.165, 1.54) is 0 Å². The van der Waals surface area contributed by atoms with Crippen LogP contribution in [0.15, 0.2) is 0 Å². The molecule has 0 aliphatic carbocycles. The maximum absolute atomic E-state index is 11.4. The molecule has 0 aliphatic rings. The molecular formula is C10H19BrO3. The van der Waals surface area contributed by atoms with Crippen molar-refractivity contribution in [3.63, 3.8) is 0 Å². The molecule has 0 spiro atoms. The third kappa shape index (κ3) is 7.33. The Morgan fingerprint density at radius 3 is 2.43 bits per heavy atom. The van der Waals surface area contributed by atoms with Crippen LogP contribution >= 0.6 is 15.9 Å². The predicted octanol–water partition coefficient (Wildman–Crippen LogP) is 2.52. The number of esters is 1. The van der Waals surface area contributed by atoms with E-state index in [0.29, 0.717) is 13.2 Å². The van der Waals surface area contributed by atoms with Crippen molar-refractivity contribution in [3.8, 4) is 0 Å². The SMILES string of the molecule is CCCOC[C@@H](Br)C(=O)OC(C)(C)C. The molecule has 84 valence electrons. The van der Waals surface area contributed by atoms with Gasteiger partial charge in [-0.2, -0.15) is 0 Å². The average molecular weight is 267 g/mol. The van der Waals surface area contributed by atoms with Crippen molar-refractivity contribution in [1.29, 1.82) is 0 Å². The highest BCUT2D eigenvalue weighted by atomic mass is 79.9. The smallest absolute Gasteiger partial charge is 0.322 e. The summed E-state index contributed by atoms with van der Waals surface area (Å²) >= 11 is 3.23. The van der Waals surface area contributed by atoms with Gasteiger partial charge in [-0.25, -0.2) is 0 Å². The fourth-order valence-electron chi connectivity index (χ4n) is 0.765. The normalized spacial score (nSPS) is 13.8. The fraction of sp³-hybridized carbons (Fsp3) is 0.900. The van der Waals surface area contributed by atoms with E-state index in [1.54, 1.807) is 0 Å². The molecule has 0 aromatic heterocycles. The molecule has 0 heterocycles. The highest BCUT2D eigenvalue weighted by Crippen LogP contribution is 2.12. The standard InChI is InChI=1S/C10H19BrO3/c1-5-6-13-7-8(11)9(12)14-10(2,3)4/h8H,5-7H2,1-4H3/t8-/m1/s1. The summed E-state index contributed by atoms with van der Waals surface area (Å²) in [5.41, 5.74) is -0.437. The Hall–Kier alpha value is -0.0900. The van der Waals surface area contributed by atoms with E-state index in [0.717, 1.165) is 6.42 Å². The number of carbonyl (C=O) groups excluding carboxylic acids is 1. The second-order valence-corrected chi connectivity index (χ2v) is 5.18. The van der Waals surface area contributed by atoms with Gasteiger partial charge in [0, 0.05) is 6.61 Å². The van der Waals surface area contributed by atoms with Crippen LogP contribution in [0.5, 0.6) is 0 Å². The van der Waals surface area contributed by atoms with Gasteiger partial charge in [-0.1, -0.05) is 22.9 Å². The molecule has 0 fully saturated rings. The quantitative estimate of drug-likeness (QED) is 0.436. The molecule has 0 unspecified atom stereocenters. The molecule has 0 N–H and O–H groups in total. The van der Waals surface area contributed by atoms with Crippen molar-refractivity contribution in [2.45, 2.75) is 44.5 Å². The number of hydrogen-bond acceptors (Lipinski definition) is 3. The Morgan fingerprint density at radius 1 is 1.43 bits per heavy atom. The highest BCUT2D eigenvalue weighted by molar-refractivity contribution is 9.10. The van der Waals surface area contributed by atoms with Crippen LogP contribution in [0.25, 0.3) is 0 Å². The third-order valence-electron chi connectivity index (χ3n) is 1.28. The summed E-state index contributed by atoms with van der Waals surface area (Å²) in [5.74, 6) is -0.270. The highest BCUT2D eigenvalue weighted by Gasteiger charge is 2.22. The largest absolute Gasteiger partial charge is 0.459 e. The van der Waals surface area contributed by atoms with Crippen molar-refractivity contribution in [2.24, 2.45) is 0 Å². The molecule has 1 atom stereocenters. The van der Waals surface area contributed by atoms with Crippen LogP contribution in [0.4, 0.5) is 0 Å². The summed E-state index contributed by atoms with van der Waals surface area (Å²) in [7, 11) is 0. The summed E-state index contributed by atoms with van der Waals surface area (Å²) in [6.07, 6.45) is 0.952. The zero-order valence-corrected chi connectivity index (χ0v) is 10.9. The Morgan fingerprint density at radius 2 is 2.00 bits per heavy atom. The third-order valence-corrected chi connectivity index (χ3v) is 1.91. The molecule has 0 aromatic rings. The van der Waals surface area contributed by atoms with E-state index < -0.39 is 5.60 Å². The lowest BCUT2D eigenvalue weighted by atomic mass is 10.2. The van der Waals surface area contributed by atoms with E-state index in [2.05, 4.69) is 15.9 Å². The average Bonchev–Trinajstić information content (AvgIpc) is 2.01. The number of rotatable bonds is 5. The van der Waals surface area contributed by atoms with Crippen molar-refractivity contribution in [2.75, 3.05) is 13.2 Å². The Balaban J connectivity index is 3.77. The molecule has 0 aromatic carbocycles. The number of halogens is 1. The molecule has 0 aliphatic heterocycles. The molecule has 0 amide bonds. The summed E-state index contributed by atoms with van der Waals surface area (Å²) < 4.78 is 10.4. The topological polar surface area (TPSA) is 35.5 Å². The fourth-order valence-corrected chi connectivity index (χ4v) is 1.05. The zero-order chi connectivity index (χ0) is 11.2. The number of hydrogen-bond donors (Lipinski definition) is 0. The molecule has 0 bridgehead atoms. The maximum atomic E-state index is 11.4. The van der Waals surface area contributed by atoms with Gasteiger partial charge < -0.3 is 9.47 Å². The van der Waals surface area contributed by atoms with Gasteiger partial charge in [0.25, 0.3) is 0 Å². The van der Waals surface area contributed by atoms with Gasteiger partial charge in [-0.05, 0) is 27.2 Å². The van der Waals surface area contributed by atoms with E-state index in [-0.39, 0.29) is 10.8 Å². The molecule has 14 heavy (non-hydrogen) atoms. The summed E-state index contributed by atoms with van der Waals surface area (Å²) in [4.78, 5) is 11.0. The summed E-state index contributed by atoms with van der Waals surface area (Å²) in [6, 6.07) is 0. The van der Waals surface area contributed by atoms with Gasteiger partial charge in [0.15, 0.2) is 0 Å². The molecule has 4 heteroatoms. The number of alkyl halides is 1. The minimum absolute atomic E-state index is 0.270. The van der Waals surface area contributed by atoms with Crippen molar-refractivity contribution in [3.05, 3.63) is 0 Å². The molecular weight excluding hydrogens is 248 g/mol. The van der Waals surface area contributed by atoms with Gasteiger partial charge in [0.2, 0.25) is 0 Å². The predicted molar refractivity (Wildman–Crippen MR) is 59.7 cm³/mol. The second kappa shape index (κ2) is 6.40. The number of ether oxygens (including phenoxy) is 2. The summed E-state index contributed by atoms with van der Waals surface area (Å²) in [5, 5.41) is 0. The lowest BCUT2D eigenvalue weighted by Gasteiger charge is -2.21. The second-order valence-electron chi connectivity index (χ2n) is 4.08. The van der Waals surface area contributed by atoms with Gasteiger partial charge in [-0.15, -0.1) is 0 Å². The molecule has 0 saturated heterocycles. The van der Waals surface area contributed by atoms with Gasteiger partial charge in [0.1, 0.15) is 10.4 Å². The molecule has 0 saturated carbocycles. The first-order valence-electron chi connectivity index (χ1n) is 4.81. The lowest BCUT2D eigenvalue weighted by Crippen LogP contribution is -2.31. The first-order chi connectivity index (χ1) is 6.37. The Kier molecular flexibility index (Phi) is 6.36. The van der Waals surface area contributed by atoms with Crippen LogP contribution < -0.4 is 0 Å². The first kappa shape index (κ1) is 13.9. The molecule has 3 nitrogen and oxygen atoms in total. The van der Waals surface area contributed by atoms with Crippen LogP contribution in [-0.4, -0.2) is 29.6 Å². The Bertz CT molecular complexity index is 175. The lowest BCUT2D eigenvalue weighted by molar-refractivity contribution is -0.155. The number of carbonyl (C=O) groups is 1.